The van der Waals surface area contributed by atoms with E-state index in [2.05, 4.69) is 21.2 Å². The van der Waals surface area contributed by atoms with Crippen LogP contribution in [0.3, 0.4) is 0 Å². The molecule has 0 bridgehead atoms. The number of benzene rings is 2. The molecule has 1 amide bonds. The Labute approximate surface area is 152 Å². The third kappa shape index (κ3) is 4.37. The molecule has 7 heteroatoms. The lowest BCUT2D eigenvalue weighted by Crippen LogP contribution is -2.14. The lowest BCUT2D eigenvalue weighted by atomic mass is 10.1. The van der Waals surface area contributed by atoms with Crippen molar-refractivity contribution in [2.45, 2.75) is 0 Å². The first-order valence-corrected chi connectivity index (χ1v) is 7.88. The zero-order valence-corrected chi connectivity index (χ0v) is 15.1. The Morgan fingerprint density at radius 2 is 1.92 bits per heavy atom. The second-order valence-electron chi connectivity index (χ2n) is 4.83. The van der Waals surface area contributed by atoms with Gasteiger partial charge in [0.15, 0.2) is 0 Å². The molecular formula is C18H14BrFN2O3. The van der Waals surface area contributed by atoms with Crippen molar-refractivity contribution in [1.82, 2.24) is 0 Å². The summed E-state index contributed by atoms with van der Waals surface area (Å²) in [6.45, 7) is 0. The number of carbonyl (C=O) groups is 1. The van der Waals surface area contributed by atoms with E-state index < -0.39 is 11.7 Å². The van der Waals surface area contributed by atoms with Crippen molar-refractivity contribution in [3.63, 3.8) is 0 Å². The molecule has 0 aromatic heterocycles. The predicted octanol–water partition coefficient (Wildman–Crippen LogP) is 4.15. The number of carbonyl (C=O) groups excluding carboxylic acids is 1. The van der Waals surface area contributed by atoms with Crippen LogP contribution in [0.15, 0.2) is 46.4 Å². The maximum absolute atomic E-state index is 13.6. The van der Waals surface area contributed by atoms with E-state index in [0.29, 0.717) is 21.5 Å². The molecule has 0 saturated heterocycles. The largest absolute Gasteiger partial charge is 0.496 e. The molecular weight excluding hydrogens is 391 g/mol. The molecule has 2 aromatic carbocycles. The molecule has 2 rings (SSSR count). The van der Waals surface area contributed by atoms with Crippen molar-refractivity contribution in [2.24, 2.45) is 0 Å². The van der Waals surface area contributed by atoms with Gasteiger partial charge in [-0.05, 0) is 40.2 Å². The van der Waals surface area contributed by atoms with E-state index in [-0.39, 0.29) is 11.3 Å². The van der Waals surface area contributed by atoms with E-state index in [1.165, 1.54) is 38.5 Å². The molecule has 0 unspecified atom stereocenters. The second kappa shape index (κ2) is 8.31. The molecule has 0 fully saturated rings. The SMILES string of the molecule is COc1cc(OC)c(C=C(C#N)C(=O)Nc2ccccc2F)cc1Br. The zero-order valence-electron chi connectivity index (χ0n) is 13.5. The summed E-state index contributed by atoms with van der Waals surface area (Å²) in [4.78, 5) is 12.3. The number of ether oxygens (including phenoxy) is 2. The molecule has 2 aromatic rings. The average molecular weight is 405 g/mol. The smallest absolute Gasteiger partial charge is 0.266 e. The van der Waals surface area contributed by atoms with Gasteiger partial charge in [0, 0.05) is 11.6 Å². The van der Waals surface area contributed by atoms with Crippen LogP contribution in [0.25, 0.3) is 6.08 Å². The van der Waals surface area contributed by atoms with E-state index in [4.69, 9.17) is 9.47 Å². The van der Waals surface area contributed by atoms with Crippen molar-refractivity contribution in [3.8, 4) is 17.6 Å². The Morgan fingerprint density at radius 3 is 2.52 bits per heavy atom. The normalized spacial score (nSPS) is 10.8. The Morgan fingerprint density at radius 1 is 1.24 bits per heavy atom. The standard InChI is InChI=1S/C18H14BrFN2O3/c1-24-16-9-17(25-2)13(19)8-11(16)7-12(10-21)18(23)22-15-6-4-3-5-14(15)20/h3-9H,1-2H3,(H,22,23). The van der Waals surface area contributed by atoms with Crippen molar-refractivity contribution >= 4 is 33.6 Å². The van der Waals surface area contributed by atoms with Crippen LogP contribution in [0, 0.1) is 17.1 Å². The minimum atomic E-state index is -0.721. The number of nitriles is 1. The van der Waals surface area contributed by atoms with Gasteiger partial charge in [-0.2, -0.15) is 5.26 Å². The molecule has 0 aliphatic rings. The van der Waals surface area contributed by atoms with Crippen LogP contribution in [0.2, 0.25) is 0 Å². The van der Waals surface area contributed by atoms with E-state index in [1.54, 1.807) is 18.2 Å². The Bertz CT molecular complexity index is 875. The lowest BCUT2D eigenvalue weighted by Gasteiger charge is -2.10. The molecule has 0 radical (unpaired) electrons. The van der Waals surface area contributed by atoms with Gasteiger partial charge < -0.3 is 14.8 Å². The molecule has 0 saturated carbocycles. The molecule has 0 aliphatic carbocycles. The maximum Gasteiger partial charge on any atom is 0.266 e. The number of halogens is 2. The number of hydrogen-bond acceptors (Lipinski definition) is 4. The summed E-state index contributed by atoms with van der Waals surface area (Å²) >= 11 is 3.34. The highest BCUT2D eigenvalue weighted by Gasteiger charge is 2.14. The minimum absolute atomic E-state index is 0.00322. The summed E-state index contributed by atoms with van der Waals surface area (Å²) in [6.07, 6.45) is 1.36. The monoisotopic (exact) mass is 404 g/mol. The summed E-state index contributed by atoms with van der Waals surface area (Å²) < 4.78 is 24.7. The average Bonchev–Trinajstić information content (AvgIpc) is 2.61. The van der Waals surface area contributed by atoms with Crippen LogP contribution in [0.4, 0.5) is 10.1 Å². The number of methoxy groups -OCH3 is 2. The number of rotatable bonds is 5. The number of para-hydroxylation sites is 1. The Kier molecular flexibility index (Phi) is 6.14. The fourth-order valence-electron chi connectivity index (χ4n) is 2.05. The van der Waals surface area contributed by atoms with Crippen molar-refractivity contribution in [1.29, 1.82) is 5.26 Å². The van der Waals surface area contributed by atoms with Gasteiger partial charge in [-0.1, -0.05) is 12.1 Å². The molecule has 0 aliphatic heterocycles. The topological polar surface area (TPSA) is 71.3 Å². The van der Waals surface area contributed by atoms with Gasteiger partial charge >= 0.3 is 0 Å². The van der Waals surface area contributed by atoms with Crippen molar-refractivity contribution in [2.75, 3.05) is 19.5 Å². The maximum atomic E-state index is 13.6. The number of anilines is 1. The van der Waals surface area contributed by atoms with Crippen LogP contribution in [-0.4, -0.2) is 20.1 Å². The van der Waals surface area contributed by atoms with Gasteiger partial charge in [0.25, 0.3) is 5.91 Å². The van der Waals surface area contributed by atoms with Gasteiger partial charge in [0.1, 0.15) is 29.0 Å². The summed E-state index contributed by atoms with van der Waals surface area (Å²) in [5.74, 6) is -0.339. The highest BCUT2D eigenvalue weighted by molar-refractivity contribution is 9.10. The molecule has 0 atom stereocenters. The number of hydrogen-bond donors (Lipinski definition) is 1. The molecule has 5 nitrogen and oxygen atoms in total. The van der Waals surface area contributed by atoms with Crippen LogP contribution in [0.5, 0.6) is 11.5 Å². The van der Waals surface area contributed by atoms with Gasteiger partial charge in [0.2, 0.25) is 0 Å². The van der Waals surface area contributed by atoms with Gasteiger partial charge in [-0.15, -0.1) is 0 Å². The molecule has 25 heavy (non-hydrogen) atoms. The van der Waals surface area contributed by atoms with Gasteiger partial charge in [0.05, 0.1) is 24.4 Å². The van der Waals surface area contributed by atoms with Gasteiger partial charge in [-0.25, -0.2) is 4.39 Å². The predicted molar refractivity (Wildman–Crippen MR) is 95.9 cm³/mol. The Hall–Kier alpha value is -2.85. The van der Waals surface area contributed by atoms with Crippen molar-refractivity contribution < 1.29 is 18.7 Å². The van der Waals surface area contributed by atoms with E-state index in [0.717, 1.165) is 0 Å². The van der Waals surface area contributed by atoms with Crippen LogP contribution >= 0.6 is 15.9 Å². The van der Waals surface area contributed by atoms with E-state index >= 15 is 0 Å². The fourth-order valence-corrected chi connectivity index (χ4v) is 2.58. The summed E-state index contributed by atoms with van der Waals surface area (Å²) in [7, 11) is 2.98. The van der Waals surface area contributed by atoms with E-state index in [1.807, 2.05) is 6.07 Å². The molecule has 1 N–H and O–H groups in total. The van der Waals surface area contributed by atoms with Crippen LogP contribution in [-0.2, 0) is 4.79 Å². The molecule has 0 spiro atoms. The van der Waals surface area contributed by atoms with Crippen LogP contribution < -0.4 is 14.8 Å². The third-order valence-corrected chi connectivity index (χ3v) is 3.91. The quantitative estimate of drug-likeness (QED) is 0.599. The summed E-state index contributed by atoms with van der Waals surface area (Å²) in [6, 6.07) is 10.8. The molecule has 128 valence electrons. The lowest BCUT2D eigenvalue weighted by molar-refractivity contribution is -0.112. The first kappa shape index (κ1) is 18.5. The highest BCUT2D eigenvalue weighted by Crippen LogP contribution is 2.34. The first-order valence-electron chi connectivity index (χ1n) is 7.09. The summed E-state index contributed by atoms with van der Waals surface area (Å²) in [5.41, 5.74) is 0.297. The van der Waals surface area contributed by atoms with Crippen molar-refractivity contribution in [3.05, 3.63) is 57.8 Å². The second-order valence-corrected chi connectivity index (χ2v) is 5.69. The highest BCUT2D eigenvalue weighted by atomic mass is 79.9. The fraction of sp³-hybridized carbons (Fsp3) is 0.111. The Balaban J connectivity index is 2.37. The number of nitrogens with one attached hydrogen (secondary N) is 1. The third-order valence-electron chi connectivity index (χ3n) is 3.29. The summed E-state index contributed by atoms with van der Waals surface area (Å²) in [5, 5.41) is 11.7. The molecule has 0 heterocycles. The van der Waals surface area contributed by atoms with Crippen LogP contribution in [0.1, 0.15) is 5.56 Å². The minimum Gasteiger partial charge on any atom is -0.496 e. The van der Waals surface area contributed by atoms with E-state index in [9.17, 15) is 14.4 Å². The number of nitrogens with zero attached hydrogens (tertiary/aromatic N) is 1. The zero-order chi connectivity index (χ0) is 18.4. The number of amides is 1. The van der Waals surface area contributed by atoms with Gasteiger partial charge in [-0.3, -0.25) is 4.79 Å². The first-order chi connectivity index (χ1) is 12.0.